The molecule has 0 aliphatic carbocycles. The lowest BCUT2D eigenvalue weighted by atomic mass is 10.0. The number of nitrogens with one attached hydrogen (secondary N) is 1. The van der Waals surface area contributed by atoms with Crippen molar-refractivity contribution >= 4 is 39.1 Å². The molecule has 0 spiro atoms. The monoisotopic (exact) mass is 587 g/mol. The lowest BCUT2D eigenvalue weighted by molar-refractivity contribution is -0.140. The lowest BCUT2D eigenvalue weighted by Gasteiger charge is -2.34. The fourth-order valence-electron chi connectivity index (χ4n) is 4.24. The molecule has 1 N–H and O–H groups in total. The first-order valence-corrected chi connectivity index (χ1v) is 14.9. The van der Waals surface area contributed by atoms with E-state index in [4.69, 9.17) is 21.1 Å². The normalized spacial score (nSPS) is 11.8. The number of carbonyl (C=O) groups is 2. The molecule has 40 heavy (non-hydrogen) atoms. The summed E-state index contributed by atoms with van der Waals surface area (Å²) in [6.07, 6.45) is 1.22. The first-order chi connectivity index (χ1) is 19.1. The van der Waals surface area contributed by atoms with Gasteiger partial charge in [0.1, 0.15) is 24.1 Å². The summed E-state index contributed by atoms with van der Waals surface area (Å²) in [6.45, 7) is 1.55. The van der Waals surface area contributed by atoms with Crippen LogP contribution in [-0.2, 0) is 32.6 Å². The summed E-state index contributed by atoms with van der Waals surface area (Å²) in [5.74, 6) is -0.339. The lowest BCUT2D eigenvalue weighted by Crippen LogP contribution is -2.53. The number of nitrogens with zero attached hydrogens (tertiary/aromatic N) is 2. The largest absolute Gasteiger partial charge is 0.497 e. The number of benzene rings is 3. The second-order valence-electron chi connectivity index (χ2n) is 9.02. The van der Waals surface area contributed by atoms with Gasteiger partial charge in [0.25, 0.3) is 0 Å². The molecule has 0 bridgehead atoms. The minimum atomic E-state index is -3.98. The Morgan fingerprint density at radius 3 is 2.25 bits per heavy atom. The molecule has 214 valence electrons. The quantitative estimate of drug-likeness (QED) is 0.325. The predicted octanol–water partition coefficient (Wildman–Crippen LogP) is 3.90. The number of anilines is 1. The zero-order valence-electron chi connectivity index (χ0n) is 23.0. The first kappa shape index (κ1) is 30.8. The van der Waals surface area contributed by atoms with Crippen LogP contribution in [0.25, 0.3) is 0 Å². The molecule has 11 heteroatoms. The summed E-state index contributed by atoms with van der Waals surface area (Å²) in [5, 5.41) is 3.24. The molecule has 0 heterocycles. The molecule has 9 nitrogen and oxygen atoms in total. The first-order valence-electron chi connectivity index (χ1n) is 12.6. The number of sulfonamides is 1. The van der Waals surface area contributed by atoms with Crippen molar-refractivity contribution in [2.45, 2.75) is 25.9 Å². The third-order valence-electron chi connectivity index (χ3n) is 6.25. The molecule has 1 atom stereocenters. The highest BCUT2D eigenvalue weighted by molar-refractivity contribution is 7.92. The molecule has 1 unspecified atom stereocenters. The highest BCUT2D eigenvalue weighted by atomic mass is 35.5. The average molecular weight is 588 g/mol. The van der Waals surface area contributed by atoms with Crippen LogP contribution in [0.3, 0.4) is 0 Å². The average Bonchev–Trinajstić information content (AvgIpc) is 2.94. The number of carbonyl (C=O) groups excluding carboxylic acids is 2. The molecule has 0 saturated carbocycles. The third-order valence-corrected chi connectivity index (χ3v) is 7.75. The van der Waals surface area contributed by atoms with Crippen molar-refractivity contribution in [2.75, 3.05) is 37.9 Å². The van der Waals surface area contributed by atoms with E-state index >= 15 is 0 Å². The van der Waals surface area contributed by atoms with Gasteiger partial charge in [-0.15, -0.1) is 0 Å². The van der Waals surface area contributed by atoms with Gasteiger partial charge in [-0.05, 0) is 36.2 Å². The van der Waals surface area contributed by atoms with Gasteiger partial charge in [-0.3, -0.25) is 13.9 Å². The molecule has 0 fully saturated rings. The number of methoxy groups -OCH3 is 2. The van der Waals surface area contributed by atoms with Crippen molar-refractivity contribution in [3.63, 3.8) is 0 Å². The maximum atomic E-state index is 14.1. The Morgan fingerprint density at radius 2 is 1.65 bits per heavy atom. The van der Waals surface area contributed by atoms with E-state index in [1.165, 1.54) is 25.2 Å². The van der Waals surface area contributed by atoms with Crippen molar-refractivity contribution in [3.8, 4) is 11.5 Å². The van der Waals surface area contributed by atoms with Crippen LogP contribution in [0, 0.1) is 0 Å². The van der Waals surface area contributed by atoms with Gasteiger partial charge in [-0.25, -0.2) is 8.42 Å². The van der Waals surface area contributed by atoms with Crippen LogP contribution < -0.4 is 19.1 Å². The Balaban J connectivity index is 2.10. The molecular weight excluding hydrogens is 554 g/mol. The number of likely N-dealkylation sites (N-methyl/N-ethyl adjacent to an activating group) is 1. The van der Waals surface area contributed by atoms with Crippen LogP contribution in [0.4, 0.5) is 5.69 Å². The number of hydrogen-bond acceptors (Lipinski definition) is 6. The highest BCUT2D eigenvalue weighted by Gasteiger charge is 2.34. The molecule has 0 aromatic heterocycles. The fourth-order valence-corrected chi connectivity index (χ4v) is 5.28. The van der Waals surface area contributed by atoms with Crippen molar-refractivity contribution in [1.82, 2.24) is 10.2 Å². The summed E-state index contributed by atoms with van der Waals surface area (Å²) in [5.41, 5.74) is 1.59. The van der Waals surface area contributed by atoms with Gasteiger partial charge in [-0.2, -0.15) is 0 Å². The Labute approximate surface area is 240 Å². The Morgan fingerprint density at radius 1 is 0.975 bits per heavy atom. The van der Waals surface area contributed by atoms with Crippen molar-refractivity contribution in [2.24, 2.45) is 0 Å². The standard InChI is InChI=1S/C29H34ClN3O6S/c1-5-31-29(35)26(17-21-11-7-6-8-12-21)32(19-22-13-9-10-14-24(22)30)28(34)20-33(40(4,36)37)25-18-23(38-2)15-16-27(25)39-3/h6-16,18,26H,5,17,19-20H2,1-4H3,(H,31,35). The van der Waals surface area contributed by atoms with Gasteiger partial charge < -0.3 is 19.7 Å². The summed E-state index contributed by atoms with van der Waals surface area (Å²) in [7, 11) is -1.12. The van der Waals surface area contributed by atoms with Crippen LogP contribution in [0.1, 0.15) is 18.1 Å². The molecule has 0 aliphatic heterocycles. The van der Waals surface area contributed by atoms with Crippen molar-refractivity contribution in [3.05, 3.63) is 88.9 Å². The molecule has 0 radical (unpaired) electrons. The van der Waals surface area contributed by atoms with E-state index in [9.17, 15) is 18.0 Å². The fraction of sp³-hybridized carbons (Fsp3) is 0.310. The topological polar surface area (TPSA) is 105 Å². The van der Waals surface area contributed by atoms with Gasteiger partial charge in [0.2, 0.25) is 21.8 Å². The zero-order valence-corrected chi connectivity index (χ0v) is 24.5. The van der Waals surface area contributed by atoms with E-state index in [0.717, 1.165) is 16.1 Å². The number of amides is 2. The Hall–Kier alpha value is -3.76. The predicted molar refractivity (Wildman–Crippen MR) is 156 cm³/mol. The third kappa shape index (κ3) is 7.89. The van der Waals surface area contributed by atoms with E-state index in [2.05, 4.69) is 5.32 Å². The summed E-state index contributed by atoms with van der Waals surface area (Å²) < 4.78 is 37.7. The Kier molecular flexibility index (Phi) is 10.8. The van der Waals surface area contributed by atoms with Crippen LogP contribution in [0.2, 0.25) is 5.02 Å². The van der Waals surface area contributed by atoms with E-state index in [-0.39, 0.29) is 30.3 Å². The van der Waals surface area contributed by atoms with Gasteiger partial charge in [-0.1, -0.05) is 60.1 Å². The van der Waals surface area contributed by atoms with E-state index in [0.29, 0.717) is 22.9 Å². The molecule has 2 amide bonds. The Bertz CT molecular complexity index is 1420. The van der Waals surface area contributed by atoms with Gasteiger partial charge >= 0.3 is 0 Å². The smallest absolute Gasteiger partial charge is 0.244 e. The maximum absolute atomic E-state index is 14.1. The zero-order chi connectivity index (χ0) is 29.3. The number of ether oxygens (including phenoxy) is 2. The minimum Gasteiger partial charge on any atom is -0.497 e. The van der Waals surface area contributed by atoms with E-state index < -0.39 is 28.5 Å². The van der Waals surface area contributed by atoms with Crippen LogP contribution in [0.5, 0.6) is 11.5 Å². The molecule has 3 aromatic rings. The van der Waals surface area contributed by atoms with Gasteiger partial charge in [0.15, 0.2) is 0 Å². The molecular formula is C29H34ClN3O6S. The summed E-state index contributed by atoms with van der Waals surface area (Å²) in [4.78, 5) is 28.9. The van der Waals surface area contributed by atoms with E-state index in [1.54, 1.807) is 43.3 Å². The highest BCUT2D eigenvalue weighted by Crippen LogP contribution is 2.34. The van der Waals surface area contributed by atoms with Crippen molar-refractivity contribution < 1.29 is 27.5 Å². The SMILES string of the molecule is CCNC(=O)C(Cc1ccccc1)N(Cc1ccccc1Cl)C(=O)CN(c1cc(OC)ccc1OC)S(C)(=O)=O. The van der Waals surface area contributed by atoms with E-state index in [1.807, 2.05) is 30.3 Å². The number of rotatable bonds is 13. The number of hydrogen-bond donors (Lipinski definition) is 1. The van der Waals surface area contributed by atoms with Gasteiger partial charge in [0.05, 0.1) is 26.2 Å². The van der Waals surface area contributed by atoms with Crippen LogP contribution in [0.15, 0.2) is 72.8 Å². The van der Waals surface area contributed by atoms with Gasteiger partial charge in [0, 0.05) is 30.6 Å². The summed E-state index contributed by atoms with van der Waals surface area (Å²) >= 11 is 6.45. The summed E-state index contributed by atoms with van der Waals surface area (Å²) in [6, 6.07) is 20.0. The second-order valence-corrected chi connectivity index (χ2v) is 11.3. The second kappa shape index (κ2) is 14.0. The maximum Gasteiger partial charge on any atom is 0.244 e. The molecule has 0 saturated heterocycles. The number of halogens is 1. The van der Waals surface area contributed by atoms with Crippen LogP contribution in [-0.4, -0.2) is 64.7 Å². The minimum absolute atomic E-state index is 0.0139. The molecule has 3 aromatic carbocycles. The van der Waals surface area contributed by atoms with Crippen LogP contribution >= 0.6 is 11.6 Å². The molecule has 0 aliphatic rings. The molecule has 3 rings (SSSR count). The van der Waals surface area contributed by atoms with Crippen molar-refractivity contribution in [1.29, 1.82) is 0 Å².